The van der Waals surface area contributed by atoms with E-state index in [1.807, 2.05) is 0 Å². The van der Waals surface area contributed by atoms with Gasteiger partial charge in [-0.15, -0.1) is 0 Å². The third-order valence-electron chi connectivity index (χ3n) is 8.83. The number of hydroxylamine groups is 1. The lowest BCUT2D eigenvalue weighted by molar-refractivity contribution is -0.207. The zero-order chi connectivity index (χ0) is 38.1. The first kappa shape index (κ1) is 40.7. The van der Waals surface area contributed by atoms with Crippen LogP contribution in [-0.4, -0.2) is 112 Å². The summed E-state index contributed by atoms with van der Waals surface area (Å²) in [6.45, 7) is 11.3. The highest BCUT2D eigenvalue weighted by Gasteiger charge is 2.59. The zero-order valence-electron chi connectivity index (χ0n) is 30.8. The van der Waals surface area contributed by atoms with Crippen molar-refractivity contribution in [3.05, 3.63) is 11.5 Å². The molecule has 20 heteroatoms. The van der Waals surface area contributed by atoms with Gasteiger partial charge in [0, 0.05) is 13.2 Å². The monoisotopic (exact) mass is 776 g/mol. The number of amides is 2. The number of nitrogens with one attached hydrogen (secondary N) is 1. The normalized spacial score (nSPS) is 24.6. The number of rotatable bonds is 15. The summed E-state index contributed by atoms with van der Waals surface area (Å²) >= 11 is 6.54. The Morgan fingerprint density at radius 2 is 1.79 bits per heavy atom. The van der Waals surface area contributed by atoms with Gasteiger partial charge in [-0.3, -0.25) is 19.5 Å². The van der Waals surface area contributed by atoms with Crippen LogP contribution in [0.3, 0.4) is 0 Å². The minimum Gasteiger partial charge on any atom is -0.443 e. The summed E-state index contributed by atoms with van der Waals surface area (Å²) in [6.07, 6.45) is 0.391. The topological polar surface area (TPSA) is 204 Å². The Balaban J connectivity index is 1.52. The second kappa shape index (κ2) is 16.1. The van der Waals surface area contributed by atoms with Crippen LogP contribution in [0.4, 0.5) is 10.6 Å². The van der Waals surface area contributed by atoms with E-state index in [2.05, 4.69) is 15.1 Å². The predicted molar refractivity (Wildman–Crippen MR) is 185 cm³/mol. The summed E-state index contributed by atoms with van der Waals surface area (Å²) in [5, 5.41) is 12.4. The van der Waals surface area contributed by atoms with Crippen molar-refractivity contribution in [2.75, 3.05) is 38.4 Å². The second-order valence-electron chi connectivity index (χ2n) is 14.3. The van der Waals surface area contributed by atoms with E-state index in [1.165, 1.54) is 18.0 Å². The van der Waals surface area contributed by atoms with Crippen LogP contribution in [0.2, 0.25) is 5.28 Å². The van der Waals surface area contributed by atoms with Gasteiger partial charge in [0.25, 0.3) is 0 Å². The minimum absolute atomic E-state index is 0.0322. The van der Waals surface area contributed by atoms with Crippen LogP contribution in [-0.2, 0) is 46.8 Å². The van der Waals surface area contributed by atoms with Gasteiger partial charge in [0.1, 0.15) is 23.9 Å². The molecule has 2 aliphatic heterocycles. The van der Waals surface area contributed by atoms with Gasteiger partial charge in [-0.2, -0.15) is 15.1 Å². The van der Waals surface area contributed by atoms with Gasteiger partial charge in [-0.05, 0) is 72.9 Å². The molecule has 18 nitrogen and oxygen atoms in total. The maximum absolute atomic E-state index is 14.3. The van der Waals surface area contributed by atoms with Gasteiger partial charge in [-0.1, -0.05) is 12.8 Å². The van der Waals surface area contributed by atoms with E-state index in [0.29, 0.717) is 5.39 Å². The molecule has 0 radical (unpaired) electrons. The van der Waals surface area contributed by atoms with Crippen LogP contribution in [0.25, 0.3) is 11.0 Å². The highest BCUT2D eigenvalue weighted by Crippen LogP contribution is 2.62. The Kier molecular flexibility index (Phi) is 12.6. The Morgan fingerprint density at radius 3 is 2.38 bits per heavy atom. The number of methoxy groups -OCH3 is 1. The molecule has 3 fully saturated rings. The Hall–Kier alpha value is -2.51. The van der Waals surface area contributed by atoms with Gasteiger partial charge < -0.3 is 37.5 Å². The minimum atomic E-state index is -4.24. The number of carbonyl (C=O) groups excluding carboxylic acids is 2. The van der Waals surface area contributed by atoms with E-state index in [9.17, 15) is 19.4 Å². The molecule has 5 atom stereocenters. The molecule has 2 amide bonds. The smallest absolute Gasteiger partial charge is 0.416 e. The highest BCUT2D eigenvalue weighted by molar-refractivity contribution is 7.55. The molecule has 0 bridgehead atoms. The number of halogens is 1. The van der Waals surface area contributed by atoms with Gasteiger partial charge >= 0.3 is 13.7 Å². The lowest BCUT2D eigenvalue weighted by atomic mass is 10.1. The Bertz CT molecular complexity index is 1620. The van der Waals surface area contributed by atoms with Gasteiger partial charge in [0.15, 0.2) is 23.5 Å². The fraction of sp³-hybridized carbons (Fsp3) is 0.781. The van der Waals surface area contributed by atoms with Gasteiger partial charge in [0.2, 0.25) is 16.5 Å². The van der Waals surface area contributed by atoms with E-state index in [4.69, 9.17) is 49.1 Å². The second-order valence-corrected chi connectivity index (χ2v) is 17.0. The Labute approximate surface area is 307 Å². The molecular formula is C32H50ClN6O12P. The molecule has 2 aromatic rings. The molecule has 2 N–H and O–H groups in total. The number of nitrogens with zero attached hydrogens (tertiary/aromatic N) is 5. The molecule has 0 aromatic carbocycles. The molecular weight excluding hydrogens is 727 g/mol. The van der Waals surface area contributed by atoms with Crippen molar-refractivity contribution in [2.24, 2.45) is 0 Å². The van der Waals surface area contributed by atoms with Crippen LogP contribution in [0.1, 0.15) is 86.8 Å². The molecule has 3 aliphatic rings. The average Bonchev–Trinajstić information content (AvgIpc) is 3.84. The molecule has 2 aromatic heterocycles. The lowest BCUT2D eigenvalue weighted by Crippen LogP contribution is -2.46. The third-order valence-corrected chi connectivity index (χ3v) is 11.6. The van der Waals surface area contributed by atoms with E-state index in [-0.39, 0.29) is 42.6 Å². The first-order valence-corrected chi connectivity index (χ1v) is 19.3. The average molecular weight is 777 g/mol. The number of carbonyl (C=O) groups is 2. The molecule has 292 valence electrons. The van der Waals surface area contributed by atoms with E-state index in [0.717, 1.165) is 25.7 Å². The van der Waals surface area contributed by atoms with Crippen LogP contribution in [0, 0.1) is 0 Å². The summed E-state index contributed by atoms with van der Waals surface area (Å²) < 4.78 is 63.6. The molecule has 4 heterocycles. The van der Waals surface area contributed by atoms with Crippen LogP contribution in [0.5, 0.6) is 0 Å². The van der Waals surface area contributed by atoms with E-state index >= 15 is 0 Å². The van der Waals surface area contributed by atoms with Crippen LogP contribution >= 0.6 is 19.2 Å². The summed E-state index contributed by atoms with van der Waals surface area (Å²) in [6, 6.07) is -0.169. The molecule has 0 unspecified atom stereocenters. The fourth-order valence-corrected chi connectivity index (χ4v) is 9.13. The standard InChI is InChI=1S/C32H50ClN6O12P/c1-9-46-52(43,47-10-2)32(18-44-8,15-22(40)37-42)45-17-21-23-24(50-31(6,7)49-23)27(48-21)39-26-20(16-34-39)25(35-28(33)36-26)38(19-13-11-12-14-19)29(41)51-30(3,4)5/h16,19,21,23-24,27,42H,9-15,17-18H2,1-8H3,(H,37,40)/t21-,23-,24-,27-,32+/m1/s1. The maximum atomic E-state index is 14.3. The van der Waals surface area contributed by atoms with E-state index in [1.54, 1.807) is 58.8 Å². The molecule has 5 rings (SSSR count). The van der Waals surface area contributed by atoms with Crippen molar-refractivity contribution in [3.8, 4) is 0 Å². The largest absolute Gasteiger partial charge is 0.443 e. The van der Waals surface area contributed by atoms with Crippen molar-refractivity contribution in [1.29, 1.82) is 0 Å². The number of fused-ring (bicyclic) bond motifs is 2. The lowest BCUT2D eigenvalue weighted by Gasteiger charge is -2.38. The Morgan fingerprint density at radius 1 is 1.13 bits per heavy atom. The van der Waals surface area contributed by atoms with Crippen molar-refractivity contribution < 1.29 is 56.8 Å². The highest BCUT2D eigenvalue weighted by atomic mass is 35.5. The molecule has 52 heavy (non-hydrogen) atoms. The zero-order valence-corrected chi connectivity index (χ0v) is 32.5. The predicted octanol–water partition coefficient (Wildman–Crippen LogP) is 5.10. The third kappa shape index (κ3) is 8.41. The summed E-state index contributed by atoms with van der Waals surface area (Å²) in [5.41, 5.74) is 1.07. The van der Waals surface area contributed by atoms with Crippen LogP contribution in [0.15, 0.2) is 6.20 Å². The molecule has 1 saturated carbocycles. The fourth-order valence-electron chi connectivity index (χ4n) is 6.89. The van der Waals surface area contributed by atoms with Crippen molar-refractivity contribution >= 4 is 48.0 Å². The number of ether oxygens (including phenoxy) is 6. The number of aromatic nitrogens is 4. The van der Waals surface area contributed by atoms with Crippen molar-refractivity contribution in [1.82, 2.24) is 25.2 Å². The van der Waals surface area contributed by atoms with Crippen LogP contribution < -0.4 is 10.4 Å². The quantitative estimate of drug-likeness (QED) is 0.105. The van der Waals surface area contributed by atoms with Crippen molar-refractivity contribution in [3.63, 3.8) is 0 Å². The summed E-state index contributed by atoms with van der Waals surface area (Å²) in [4.78, 5) is 36.8. The number of hydrogen-bond acceptors (Lipinski definition) is 15. The maximum Gasteiger partial charge on any atom is 0.416 e. The molecule has 0 spiro atoms. The molecule has 1 aliphatic carbocycles. The van der Waals surface area contributed by atoms with Crippen molar-refractivity contribution in [2.45, 2.75) is 128 Å². The van der Waals surface area contributed by atoms with Gasteiger partial charge in [-0.25, -0.2) is 15.0 Å². The van der Waals surface area contributed by atoms with Gasteiger partial charge in [0.05, 0.1) is 44.4 Å². The summed E-state index contributed by atoms with van der Waals surface area (Å²) in [5.74, 6) is -1.71. The number of anilines is 1. The first-order valence-electron chi connectivity index (χ1n) is 17.4. The van der Waals surface area contributed by atoms with E-state index < -0.39 is 73.9 Å². The summed E-state index contributed by atoms with van der Waals surface area (Å²) in [7, 11) is -2.90. The first-order chi connectivity index (χ1) is 24.5. The number of hydrogen-bond donors (Lipinski definition) is 2. The SMILES string of the molecule is CCOP(=O)(OCC)[C@](COC)(CC(=O)NO)OC[C@H]1O[C@@H](n2ncc3c(N(C(=O)OC(C)(C)C)C4CCCC4)nc(Cl)nc32)[C@@H]2OC(C)(C)O[C@@H]21. The molecule has 2 saturated heterocycles.